The van der Waals surface area contributed by atoms with Crippen molar-refractivity contribution in [3.63, 3.8) is 0 Å². The van der Waals surface area contributed by atoms with Crippen molar-refractivity contribution < 1.29 is 9.53 Å². The zero-order valence-corrected chi connectivity index (χ0v) is 18.2. The summed E-state index contributed by atoms with van der Waals surface area (Å²) >= 11 is 0. The fourth-order valence-electron chi connectivity index (χ4n) is 2.62. The summed E-state index contributed by atoms with van der Waals surface area (Å²) in [6.45, 7) is 4.51. The van der Waals surface area contributed by atoms with Crippen LogP contribution in [0.1, 0.15) is 29.8 Å². The van der Waals surface area contributed by atoms with Crippen LogP contribution in [0.5, 0.6) is 0 Å². The van der Waals surface area contributed by atoms with Crippen molar-refractivity contribution >= 4 is 40.6 Å². The van der Waals surface area contributed by atoms with Crippen LogP contribution >= 0.6 is 0 Å². The molecule has 0 aromatic heterocycles. The molecule has 3 aromatic carbocycles. The zero-order valence-electron chi connectivity index (χ0n) is 14.2. The van der Waals surface area contributed by atoms with E-state index in [4.69, 9.17) is 4.74 Å². The van der Waals surface area contributed by atoms with E-state index in [1.54, 1.807) is 0 Å². The van der Waals surface area contributed by atoms with Gasteiger partial charge < -0.3 is 4.74 Å². The van der Waals surface area contributed by atoms with Crippen LogP contribution in [0.2, 0.25) is 0 Å². The van der Waals surface area contributed by atoms with E-state index in [1.807, 2.05) is 60.7 Å². The van der Waals surface area contributed by atoms with Crippen molar-refractivity contribution in [1.29, 1.82) is 0 Å². The molecule has 3 rings (SSSR count). The Morgan fingerprint density at radius 3 is 2.21 bits per heavy atom. The van der Waals surface area contributed by atoms with Crippen LogP contribution in [0.15, 0.2) is 72.8 Å². The Balaban J connectivity index is 0.00000208. The second-order valence-corrected chi connectivity index (χ2v) is 6.39. The second kappa shape index (κ2) is 7.84. The van der Waals surface area contributed by atoms with Crippen molar-refractivity contribution in [3.05, 3.63) is 83.9 Å². The van der Waals surface area contributed by atoms with Crippen LogP contribution in [-0.2, 0) is 10.2 Å². The second-order valence-electron chi connectivity index (χ2n) is 6.39. The third-order valence-corrected chi connectivity index (χ3v) is 4.10. The summed E-state index contributed by atoms with van der Waals surface area (Å²) in [4.78, 5) is 12.3. The van der Waals surface area contributed by atoms with E-state index in [0.717, 1.165) is 16.3 Å². The van der Waals surface area contributed by atoms with Gasteiger partial charge in [0.25, 0.3) is 0 Å². The molecule has 0 bridgehead atoms. The molecule has 0 saturated carbocycles. The average Bonchev–Trinajstić information content (AvgIpc) is 2.60. The average molecular weight is 425 g/mol. The van der Waals surface area contributed by atoms with Gasteiger partial charge in [-0.3, -0.25) is 0 Å². The molecule has 0 aliphatic carbocycles. The molecule has 3 aromatic rings. The van der Waals surface area contributed by atoms with Crippen LogP contribution < -0.4 is 0 Å². The minimum atomic E-state index is -0.278. The Morgan fingerprint density at radius 2 is 1.50 bits per heavy atom. The first-order valence-electron chi connectivity index (χ1n) is 7.78. The number of carbonyl (C=O) groups is 1. The molecule has 0 aliphatic rings. The number of hydrogen-bond acceptors (Lipinski definition) is 2. The number of esters is 1. The van der Waals surface area contributed by atoms with Crippen LogP contribution in [-0.4, -0.2) is 36.5 Å². The van der Waals surface area contributed by atoms with Gasteiger partial charge in [0.15, 0.2) is 0 Å². The molecule has 0 aliphatic heterocycles. The van der Waals surface area contributed by atoms with Gasteiger partial charge in [0, 0.05) is 5.41 Å². The van der Waals surface area contributed by atoms with Gasteiger partial charge in [-0.05, 0) is 28.5 Å². The summed E-state index contributed by atoms with van der Waals surface area (Å²) in [5.41, 5.74) is 1.53. The van der Waals surface area contributed by atoms with E-state index >= 15 is 0 Å². The Hall–Kier alpha value is -1.81. The summed E-state index contributed by atoms with van der Waals surface area (Å²) in [5, 5.41) is 2.16. The summed E-state index contributed by atoms with van der Waals surface area (Å²) < 4.78 is 5.56. The van der Waals surface area contributed by atoms with Gasteiger partial charge in [0.1, 0.15) is 6.61 Å². The van der Waals surface area contributed by atoms with Crippen LogP contribution in [0, 0.1) is 0 Å². The normalized spacial score (nSPS) is 10.9. The fourth-order valence-corrected chi connectivity index (χ4v) is 2.62. The van der Waals surface area contributed by atoms with Crippen LogP contribution in [0.3, 0.4) is 0 Å². The standard InChI is InChI=1S/C21H20O2.Sn.2H/c1-21(2,19-10-4-3-5-11-19)15-23-20(22)18-13-12-16-8-6-7-9-17(16)14-18;;;/h3-14H,15H2,1-2H3;;;. The van der Waals surface area contributed by atoms with E-state index in [0.29, 0.717) is 12.2 Å². The maximum atomic E-state index is 12.3. The molecule has 24 heavy (non-hydrogen) atoms. The molecule has 0 N–H and O–H groups in total. The van der Waals surface area contributed by atoms with Gasteiger partial charge in [0.05, 0.1) is 5.56 Å². The molecular weight excluding hydrogens is 403 g/mol. The summed E-state index contributed by atoms with van der Waals surface area (Å²) in [5.74, 6) is -0.278. The monoisotopic (exact) mass is 426 g/mol. The molecule has 2 radical (unpaired) electrons. The van der Waals surface area contributed by atoms with E-state index in [1.165, 1.54) is 0 Å². The maximum absolute atomic E-state index is 12.3. The quantitative estimate of drug-likeness (QED) is 0.466. The first-order valence-corrected chi connectivity index (χ1v) is 7.78. The Labute approximate surface area is 159 Å². The molecule has 0 atom stereocenters. The molecule has 122 valence electrons. The third-order valence-electron chi connectivity index (χ3n) is 4.10. The summed E-state index contributed by atoms with van der Waals surface area (Å²) in [6, 6.07) is 23.8. The van der Waals surface area contributed by atoms with Gasteiger partial charge in [-0.15, -0.1) is 0 Å². The van der Waals surface area contributed by atoms with Gasteiger partial charge >= 0.3 is 29.9 Å². The SMILES string of the molecule is CC(C)(COC(=O)c1ccc2ccccc2c1)c1ccccc1.[SnH2]. The minimum absolute atomic E-state index is 0. The molecule has 0 heterocycles. The molecule has 0 spiro atoms. The molecule has 0 saturated heterocycles. The third kappa shape index (κ3) is 4.18. The van der Waals surface area contributed by atoms with Crippen molar-refractivity contribution in [3.8, 4) is 0 Å². The van der Waals surface area contributed by atoms with E-state index in [9.17, 15) is 4.79 Å². The molecule has 0 unspecified atom stereocenters. The number of hydrogen-bond donors (Lipinski definition) is 0. The molecule has 2 nitrogen and oxygen atoms in total. The van der Waals surface area contributed by atoms with Crippen molar-refractivity contribution in [2.45, 2.75) is 19.3 Å². The Morgan fingerprint density at radius 1 is 0.875 bits per heavy atom. The molecular formula is C21H22O2Sn. The number of benzene rings is 3. The van der Waals surface area contributed by atoms with Gasteiger partial charge in [-0.1, -0.05) is 74.5 Å². The zero-order chi connectivity index (χ0) is 16.3. The predicted molar refractivity (Wildman–Crippen MR) is 102 cm³/mol. The van der Waals surface area contributed by atoms with Crippen molar-refractivity contribution in [2.75, 3.05) is 6.61 Å². The van der Waals surface area contributed by atoms with Crippen LogP contribution in [0.25, 0.3) is 10.8 Å². The van der Waals surface area contributed by atoms with E-state index < -0.39 is 0 Å². The van der Waals surface area contributed by atoms with Gasteiger partial charge in [0.2, 0.25) is 0 Å². The molecule has 3 heteroatoms. The Kier molecular flexibility index (Phi) is 6.05. The number of carbonyl (C=O) groups excluding carboxylic acids is 1. The first kappa shape index (κ1) is 18.5. The summed E-state index contributed by atoms with van der Waals surface area (Å²) in [7, 11) is 0. The number of rotatable bonds is 4. The summed E-state index contributed by atoms with van der Waals surface area (Å²) in [6.07, 6.45) is 0. The van der Waals surface area contributed by atoms with Crippen molar-refractivity contribution in [2.24, 2.45) is 0 Å². The van der Waals surface area contributed by atoms with Crippen LogP contribution in [0.4, 0.5) is 0 Å². The van der Waals surface area contributed by atoms with Gasteiger partial charge in [-0.2, -0.15) is 0 Å². The van der Waals surface area contributed by atoms with Crippen molar-refractivity contribution in [1.82, 2.24) is 0 Å². The Bertz CT molecular complexity index is 825. The molecule has 0 amide bonds. The van der Waals surface area contributed by atoms with E-state index in [2.05, 4.69) is 26.0 Å². The number of ether oxygens (including phenoxy) is 1. The van der Waals surface area contributed by atoms with E-state index in [-0.39, 0.29) is 35.3 Å². The van der Waals surface area contributed by atoms with Gasteiger partial charge in [-0.25, -0.2) is 4.79 Å². The fraction of sp³-hybridized carbons (Fsp3) is 0.190. The topological polar surface area (TPSA) is 26.3 Å². The number of fused-ring (bicyclic) bond motifs is 1. The molecule has 0 fully saturated rings. The first-order chi connectivity index (χ1) is 11.1. The predicted octanol–water partition coefficient (Wildman–Crippen LogP) is 4.06.